The monoisotopic (exact) mass is 381 g/mol. The van der Waals surface area contributed by atoms with Crippen LogP contribution in [0.4, 0.5) is 10.1 Å². The number of hydrogen-bond donors (Lipinski definition) is 1. The molecule has 7 heteroatoms. The van der Waals surface area contributed by atoms with E-state index in [1.165, 1.54) is 18.2 Å². The minimum absolute atomic E-state index is 0.213. The first kappa shape index (κ1) is 19.3. The van der Waals surface area contributed by atoms with E-state index in [0.717, 1.165) is 23.0 Å². The van der Waals surface area contributed by atoms with Crippen molar-refractivity contribution in [2.24, 2.45) is 0 Å². The predicted octanol–water partition coefficient (Wildman–Crippen LogP) is 3.73. The minimum Gasteiger partial charge on any atom is -0.452 e. The SMILES string of the molecule is Cc1ccc(-n2nc(C)c(NC(=O)COC(=O)c3ccccc3F)c2C)cc1. The van der Waals surface area contributed by atoms with E-state index in [4.69, 9.17) is 4.74 Å². The van der Waals surface area contributed by atoms with Gasteiger partial charge in [-0.3, -0.25) is 4.79 Å². The number of aromatic nitrogens is 2. The molecular formula is C21H20FN3O3. The Morgan fingerprint density at radius 1 is 1.07 bits per heavy atom. The van der Waals surface area contributed by atoms with Crippen molar-refractivity contribution in [1.29, 1.82) is 0 Å². The number of carbonyl (C=O) groups is 2. The van der Waals surface area contributed by atoms with Crippen molar-refractivity contribution in [3.05, 3.63) is 76.9 Å². The van der Waals surface area contributed by atoms with Gasteiger partial charge in [0, 0.05) is 0 Å². The van der Waals surface area contributed by atoms with E-state index >= 15 is 0 Å². The second kappa shape index (κ2) is 8.04. The molecule has 0 saturated carbocycles. The van der Waals surface area contributed by atoms with Crippen LogP contribution >= 0.6 is 0 Å². The Kier molecular flexibility index (Phi) is 5.54. The number of nitrogens with zero attached hydrogens (tertiary/aromatic N) is 2. The van der Waals surface area contributed by atoms with E-state index in [2.05, 4.69) is 10.4 Å². The lowest BCUT2D eigenvalue weighted by Gasteiger charge is -2.08. The van der Waals surface area contributed by atoms with Crippen molar-refractivity contribution in [3.63, 3.8) is 0 Å². The first-order valence-electron chi connectivity index (χ1n) is 8.71. The van der Waals surface area contributed by atoms with Crippen LogP contribution in [0.2, 0.25) is 0 Å². The summed E-state index contributed by atoms with van der Waals surface area (Å²) in [4.78, 5) is 24.1. The summed E-state index contributed by atoms with van der Waals surface area (Å²) in [5.74, 6) is -2.12. The molecule has 6 nitrogen and oxygen atoms in total. The third kappa shape index (κ3) is 4.09. The van der Waals surface area contributed by atoms with Gasteiger partial charge in [0.25, 0.3) is 5.91 Å². The molecule has 28 heavy (non-hydrogen) atoms. The Bertz CT molecular complexity index is 1030. The molecule has 144 valence electrons. The fourth-order valence-electron chi connectivity index (χ4n) is 2.77. The summed E-state index contributed by atoms with van der Waals surface area (Å²) in [7, 11) is 0. The zero-order valence-electron chi connectivity index (χ0n) is 15.8. The number of hydrogen-bond acceptors (Lipinski definition) is 4. The molecule has 0 atom stereocenters. The lowest BCUT2D eigenvalue weighted by atomic mass is 10.2. The lowest BCUT2D eigenvalue weighted by Crippen LogP contribution is -2.22. The number of ether oxygens (including phenoxy) is 1. The molecule has 0 aliphatic heterocycles. The van der Waals surface area contributed by atoms with Gasteiger partial charge in [-0.2, -0.15) is 5.10 Å². The molecule has 0 spiro atoms. The van der Waals surface area contributed by atoms with Crippen molar-refractivity contribution in [2.75, 3.05) is 11.9 Å². The molecule has 3 rings (SSSR count). The molecular weight excluding hydrogens is 361 g/mol. The highest BCUT2D eigenvalue weighted by atomic mass is 19.1. The molecule has 0 fully saturated rings. The van der Waals surface area contributed by atoms with E-state index in [0.29, 0.717) is 11.4 Å². The van der Waals surface area contributed by atoms with Crippen molar-refractivity contribution in [1.82, 2.24) is 9.78 Å². The van der Waals surface area contributed by atoms with Gasteiger partial charge in [-0.15, -0.1) is 0 Å². The van der Waals surface area contributed by atoms with Gasteiger partial charge in [0.05, 0.1) is 28.3 Å². The van der Waals surface area contributed by atoms with Crippen molar-refractivity contribution in [2.45, 2.75) is 20.8 Å². The van der Waals surface area contributed by atoms with E-state index in [-0.39, 0.29) is 5.56 Å². The van der Waals surface area contributed by atoms with Gasteiger partial charge in [0.1, 0.15) is 5.82 Å². The number of halogens is 1. The summed E-state index contributed by atoms with van der Waals surface area (Å²) < 4.78 is 20.2. The molecule has 1 aromatic heterocycles. The quantitative estimate of drug-likeness (QED) is 0.684. The van der Waals surface area contributed by atoms with E-state index in [1.54, 1.807) is 11.6 Å². The summed E-state index contributed by atoms with van der Waals surface area (Å²) in [6.07, 6.45) is 0. The van der Waals surface area contributed by atoms with Gasteiger partial charge in [-0.25, -0.2) is 13.9 Å². The second-order valence-electron chi connectivity index (χ2n) is 6.40. The highest BCUT2D eigenvalue weighted by molar-refractivity contribution is 5.96. The topological polar surface area (TPSA) is 73.2 Å². The van der Waals surface area contributed by atoms with Crippen molar-refractivity contribution in [3.8, 4) is 5.69 Å². The predicted molar refractivity (Wildman–Crippen MR) is 103 cm³/mol. The van der Waals surface area contributed by atoms with Crippen LogP contribution in [0.1, 0.15) is 27.3 Å². The standard InChI is InChI=1S/C21H20FN3O3/c1-13-8-10-16(11-9-13)25-15(3)20(14(2)24-25)23-19(26)12-28-21(27)17-6-4-5-7-18(17)22/h4-11H,12H2,1-3H3,(H,23,26). The average molecular weight is 381 g/mol. The molecule has 0 radical (unpaired) electrons. The number of rotatable bonds is 5. The number of carbonyl (C=O) groups excluding carboxylic acids is 2. The zero-order valence-corrected chi connectivity index (χ0v) is 15.8. The first-order chi connectivity index (χ1) is 13.4. The Morgan fingerprint density at radius 2 is 1.75 bits per heavy atom. The molecule has 0 aliphatic carbocycles. The smallest absolute Gasteiger partial charge is 0.341 e. The van der Waals surface area contributed by atoms with Crippen LogP contribution in [0.3, 0.4) is 0 Å². The zero-order chi connectivity index (χ0) is 20.3. The highest BCUT2D eigenvalue weighted by Gasteiger charge is 2.18. The number of amides is 1. The molecule has 0 unspecified atom stereocenters. The Morgan fingerprint density at radius 3 is 2.43 bits per heavy atom. The largest absolute Gasteiger partial charge is 0.452 e. The normalized spacial score (nSPS) is 10.6. The maximum atomic E-state index is 13.6. The average Bonchev–Trinajstić information content (AvgIpc) is 2.95. The number of nitrogens with one attached hydrogen (secondary N) is 1. The van der Waals surface area contributed by atoms with Gasteiger partial charge >= 0.3 is 5.97 Å². The summed E-state index contributed by atoms with van der Waals surface area (Å²) in [5, 5.41) is 7.17. The molecule has 0 aliphatic rings. The lowest BCUT2D eigenvalue weighted by molar-refractivity contribution is -0.119. The van der Waals surface area contributed by atoms with Gasteiger partial charge in [-0.05, 0) is 45.0 Å². The molecule has 0 bridgehead atoms. The third-order valence-corrected chi connectivity index (χ3v) is 4.26. The number of benzene rings is 2. The van der Waals surface area contributed by atoms with E-state index in [1.807, 2.05) is 38.1 Å². The molecule has 1 amide bonds. The minimum atomic E-state index is -0.892. The summed E-state index contributed by atoms with van der Waals surface area (Å²) in [5.41, 5.74) is 3.72. The molecule has 0 saturated heterocycles. The summed E-state index contributed by atoms with van der Waals surface area (Å²) in [6.45, 7) is 5.08. The summed E-state index contributed by atoms with van der Waals surface area (Å²) in [6, 6.07) is 13.3. The number of anilines is 1. The summed E-state index contributed by atoms with van der Waals surface area (Å²) >= 11 is 0. The van der Waals surface area contributed by atoms with Crippen LogP contribution in [0.5, 0.6) is 0 Å². The fraction of sp³-hybridized carbons (Fsp3) is 0.190. The van der Waals surface area contributed by atoms with E-state index in [9.17, 15) is 14.0 Å². The molecule has 3 aromatic rings. The highest BCUT2D eigenvalue weighted by Crippen LogP contribution is 2.23. The van der Waals surface area contributed by atoms with Gasteiger partial charge < -0.3 is 10.1 Å². The number of aryl methyl sites for hydroxylation is 2. The van der Waals surface area contributed by atoms with E-state index < -0.39 is 24.3 Å². The third-order valence-electron chi connectivity index (χ3n) is 4.26. The van der Waals surface area contributed by atoms with Crippen LogP contribution in [0.25, 0.3) is 5.69 Å². The maximum Gasteiger partial charge on any atom is 0.341 e. The molecule has 1 N–H and O–H groups in total. The van der Waals surface area contributed by atoms with Crippen LogP contribution in [0, 0.1) is 26.6 Å². The van der Waals surface area contributed by atoms with Gasteiger partial charge in [0.2, 0.25) is 0 Å². The Labute approximate surface area is 161 Å². The Hall–Kier alpha value is -3.48. The Balaban J connectivity index is 1.68. The maximum absolute atomic E-state index is 13.6. The van der Waals surface area contributed by atoms with Gasteiger partial charge in [0.15, 0.2) is 6.61 Å². The first-order valence-corrected chi connectivity index (χ1v) is 8.71. The second-order valence-corrected chi connectivity index (χ2v) is 6.40. The van der Waals surface area contributed by atoms with Crippen LogP contribution in [0.15, 0.2) is 48.5 Å². The molecule has 2 aromatic carbocycles. The van der Waals surface area contributed by atoms with Gasteiger partial charge in [-0.1, -0.05) is 29.8 Å². The van der Waals surface area contributed by atoms with Crippen molar-refractivity contribution >= 4 is 17.6 Å². The van der Waals surface area contributed by atoms with Crippen LogP contribution in [-0.4, -0.2) is 28.3 Å². The molecule has 1 heterocycles. The van der Waals surface area contributed by atoms with Crippen molar-refractivity contribution < 1.29 is 18.7 Å². The van der Waals surface area contributed by atoms with Crippen LogP contribution < -0.4 is 5.32 Å². The fourth-order valence-corrected chi connectivity index (χ4v) is 2.77. The number of esters is 1. The van der Waals surface area contributed by atoms with Crippen LogP contribution in [-0.2, 0) is 9.53 Å².